The van der Waals surface area contributed by atoms with Crippen molar-refractivity contribution in [1.29, 1.82) is 0 Å². The molecule has 24 heavy (non-hydrogen) atoms. The number of aliphatic hydroxyl groups is 1. The average Bonchev–Trinajstić information content (AvgIpc) is 2.96. The van der Waals surface area contributed by atoms with Crippen molar-refractivity contribution < 1.29 is 5.11 Å². The van der Waals surface area contributed by atoms with Gasteiger partial charge < -0.3 is 9.67 Å². The minimum Gasteiger partial charge on any atom is -0.390 e. The average molecular weight is 338 g/mol. The molecular weight excluding hydrogens is 316 g/mol. The zero-order valence-corrected chi connectivity index (χ0v) is 14.9. The molecule has 3 rings (SSSR count). The van der Waals surface area contributed by atoms with Gasteiger partial charge in [0.05, 0.1) is 18.5 Å². The van der Waals surface area contributed by atoms with Gasteiger partial charge in [-0.2, -0.15) is 0 Å². The van der Waals surface area contributed by atoms with Crippen molar-refractivity contribution in [1.82, 2.24) is 9.55 Å². The minimum atomic E-state index is 0.00371. The van der Waals surface area contributed by atoms with E-state index in [0.29, 0.717) is 0 Å². The Kier molecular flexibility index (Phi) is 5.38. The molecule has 0 fully saturated rings. The molecular formula is C20H22N2OS. The number of hydrogen-bond donors (Lipinski definition) is 1. The van der Waals surface area contributed by atoms with Gasteiger partial charge in [0.1, 0.15) is 0 Å². The molecule has 0 aliphatic carbocycles. The summed E-state index contributed by atoms with van der Waals surface area (Å²) in [7, 11) is 0. The predicted octanol–water partition coefficient (Wildman–Crippen LogP) is 4.33. The smallest absolute Gasteiger partial charge is 0.168 e. The molecule has 0 amide bonds. The number of benzene rings is 2. The van der Waals surface area contributed by atoms with Crippen LogP contribution in [0, 0.1) is 13.8 Å². The van der Waals surface area contributed by atoms with E-state index in [4.69, 9.17) is 0 Å². The summed E-state index contributed by atoms with van der Waals surface area (Å²) < 4.78 is 2.11. The highest BCUT2D eigenvalue weighted by molar-refractivity contribution is 7.98. The number of aryl methyl sites for hydroxylation is 2. The second-order valence-electron chi connectivity index (χ2n) is 5.98. The second kappa shape index (κ2) is 7.69. The molecule has 1 heterocycles. The fourth-order valence-electron chi connectivity index (χ4n) is 2.71. The molecule has 2 aromatic carbocycles. The fraction of sp³-hybridized carbons (Fsp3) is 0.250. The van der Waals surface area contributed by atoms with E-state index in [2.05, 4.69) is 71.9 Å². The zero-order chi connectivity index (χ0) is 16.9. The molecule has 4 heteroatoms. The maximum atomic E-state index is 9.62. The lowest BCUT2D eigenvalue weighted by atomic mass is 10.1. The highest BCUT2D eigenvalue weighted by Crippen LogP contribution is 2.25. The van der Waals surface area contributed by atoms with Crippen molar-refractivity contribution in [2.45, 2.75) is 37.9 Å². The van der Waals surface area contributed by atoms with E-state index in [-0.39, 0.29) is 6.61 Å². The highest BCUT2D eigenvalue weighted by Gasteiger charge is 2.11. The monoisotopic (exact) mass is 338 g/mol. The van der Waals surface area contributed by atoms with Crippen LogP contribution in [0.15, 0.2) is 59.9 Å². The van der Waals surface area contributed by atoms with Crippen molar-refractivity contribution in [2.24, 2.45) is 0 Å². The standard InChI is InChI=1S/C20H22N2OS/c1-15-6-5-8-17(10-15)12-22-19(13-23)11-21-20(22)24-14-18-9-4-3-7-16(18)2/h3-11,23H,12-14H2,1-2H3. The van der Waals surface area contributed by atoms with Crippen molar-refractivity contribution in [2.75, 3.05) is 0 Å². The molecule has 0 saturated carbocycles. The lowest BCUT2D eigenvalue weighted by molar-refractivity contribution is 0.270. The Morgan fingerprint density at radius 3 is 2.67 bits per heavy atom. The number of thioether (sulfide) groups is 1. The molecule has 0 radical (unpaired) electrons. The van der Waals surface area contributed by atoms with Crippen LogP contribution in [0.25, 0.3) is 0 Å². The third kappa shape index (κ3) is 3.89. The maximum Gasteiger partial charge on any atom is 0.168 e. The van der Waals surface area contributed by atoms with Crippen molar-refractivity contribution >= 4 is 11.8 Å². The Morgan fingerprint density at radius 2 is 1.92 bits per heavy atom. The van der Waals surface area contributed by atoms with Gasteiger partial charge >= 0.3 is 0 Å². The third-order valence-corrected chi connectivity index (χ3v) is 5.14. The Bertz CT molecular complexity index is 826. The van der Waals surface area contributed by atoms with Gasteiger partial charge in [0.15, 0.2) is 5.16 Å². The SMILES string of the molecule is Cc1cccc(Cn2c(CO)cnc2SCc2ccccc2C)c1. The van der Waals surface area contributed by atoms with E-state index >= 15 is 0 Å². The van der Waals surface area contributed by atoms with Crippen LogP contribution >= 0.6 is 11.8 Å². The van der Waals surface area contributed by atoms with Gasteiger partial charge in [0.25, 0.3) is 0 Å². The van der Waals surface area contributed by atoms with Crippen molar-refractivity contribution in [3.05, 3.63) is 82.7 Å². The van der Waals surface area contributed by atoms with Crippen LogP contribution in [-0.4, -0.2) is 14.7 Å². The van der Waals surface area contributed by atoms with Crippen LogP contribution in [0.3, 0.4) is 0 Å². The molecule has 0 aliphatic heterocycles. The summed E-state index contributed by atoms with van der Waals surface area (Å²) >= 11 is 1.71. The van der Waals surface area contributed by atoms with Crippen LogP contribution in [0.1, 0.15) is 27.9 Å². The summed E-state index contributed by atoms with van der Waals surface area (Å²) in [4.78, 5) is 4.52. The summed E-state index contributed by atoms with van der Waals surface area (Å²) in [6, 6.07) is 16.9. The van der Waals surface area contributed by atoms with Crippen LogP contribution < -0.4 is 0 Å². The number of imidazole rings is 1. The molecule has 0 spiro atoms. The summed E-state index contributed by atoms with van der Waals surface area (Å²) in [6.45, 7) is 4.96. The summed E-state index contributed by atoms with van der Waals surface area (Å²) in [5.41, 5.74) is 5.93. The fourth-order valence-corrected chi connectivity index (χ4v) is 3.78. The van der Waals surface area contributed by atoms with Gasteiger partial charge in [-0.25, -0.2) is 4.98 Å². The Labute approximate surface area is 147 Å². The quantitative estimate of drug-likeness (QED) is 0.680. The van der Waals surface area contributed by atoms with Gasteiger partial charge in [-0.15, -0.1) is 0 Å². The number of aromatic nitrogens is 2. The summed E-state index contributed by atoms with van der Waals surface area (Å²) in [5.74, 6) is 0.877. The molecule has 1 aromatic heterocycles. The largest absolute Gasteiger partial charge is 0.390 e. The van der Waals surface area contributed by atoms with E-state index in [0.717, 1.165) is 23.1 Å². The molecule has 0 saturated heterocycles. The lowest BCUT2D eigenvalue weighted by Crippen LogP contribution is -2.06. The topological polar surface area (TPSA) is 38.0 Å². The predicted molar refractivity (Wildman–Crippen MR) is 99.2 cm³/mol. The van der Waals surface area contributed by atoms with Gasteiger partial charge in [0, 0.05) is 12.3 Å². The van der Waals surface area contributed by atoms with E-state index in [1.807, 2.05) is 0 Å². The molecule has 124 valence electrons. The summed E-state index contributed by atoms with van der Waals surface area (Å²) in [5, 5.41) is 10.6. The van der Waals surface area contributed by atoms with Crippen LogP contribution in [0.5, 0.6) is 0 Å². The van der Waals surface area contributed by atoms with Gasteiger partial charge in [0.2, 0.25) is 0 Å². The van der Waals surface area contributed by atoms with E-state index in [1.54, 1.807) is 18.0 Å². The van der Waals surface area contributed by atoms with Gasteiger partial charge in [-0.1, -0.05) is 65.9 Å². The van der Waals surface area contributed by atoms with Crippen molar-refractivity contribution in [3.63, 3.8) is 0 Å². The molecule has 0 bridgehead atoms. The Hall–Kier alpha value is -2.04. The zero-order valence-electron chi connectivity index (χ0n) is 14.1. The van der Waals surface area contributed by atoms with Gasteiger partial charge in [-0.3, -0.25) is 0 Å². The number of aliphatic hydroxyl groups excluding tert-OH is 1. The summed E-state index contributed by atoms with van der Waals surface area (Å²) in [6.07, 6.45) is 1.77. The molecule has 3 aromatic rings. The Morgan fingerprint density at radius 1 is 1.08 bits per heavy atom. The van der Waals surface area contributed by atoms with E-state index in [9.17, 15) is 5.11 Å². The van der Waals surface area contributed by atoms with Crippen molar-refractivity contribution in [3.8, 4) is 0 Å². The third-order valence-electron chi connectivity index (χ3n) is 4.10. The first-order valence-electron chi connectivity index (χ1n) is 8.05. The van der Waals surface area contributed by atoms with Crippen LogP contribution in [-0.2, 0) is 18.9 Å². The minimum absolute atomic E-state index is 0.00371. The first-order chi connectivity index (χ1) is 11.7. The first kappa shape index (κ1) is 16.8. The van der Waals surface area contributed by atoms with E-state index in [1.165, 1.54) is 22.3 Å². The molecule has 1 N–H and O–H groups in total. The van der Waals surface area contributed by atoms with E-state index < -0.39 is 0 Å². The number of hydrogen-bond acceptors (Lipinski definition) is 3. The lowest BCUT2D eigenvalue weighted by Gasteiger charge is -2.12. The highest BCUT2D eigenvalue weighted by atomic mass is 32.2. The molecule has 0 atom stereocenters. The normalized spacial score (nSPS) is 11.0. The van der Waals surface area contributed by atoms with Crippen LogP contribution in [0.2, 0.25) is 0 Å². The maximum absolute atomic E-state index is 9.62. The number of nitrogens with zero attached hydrogens (tertiary/aromatic N) is 2. The molecule has 3 nitrogen and oxygen atoms in total. The molecule has 0 unspecified atom stereocenters. The Balaban J connectivity index is 1.81. The second-order valence-corrected chi connectivity index (χ2v) is 6.92. The number of rotatable bonds is 6. The van der Waals surface area contributed by atoms with Crippen LogP contribution in [0.4, 0.5) is 0 Å². The first-order valence-corrected chi connectivity index (χ1v) is 9.04. The molecule has 0 aliphatic rings. The van der Waals surface area contributed by atoms with Gasteiger partial charge in [-0.05, 0) is 30.5 Å².